The van der Waals surface area contributed by atoms with Crippen LogP contribution in [0.2, 0.25) is 0 Å². The molecule has 1 aliphatic rings. The minimum atomic E-state index is -1.21. The van der Waals surface area contributed by atoms with Gasteiger partial charge >= 0.3 is 0 Å². The predicted molar refractivity (Wildman–Crippen MR) is 64.6 cm³/mol. The van der Waals surface area contributed by atoms with Crippen molar-refractivity contribution in [2.45, 2.75) is 10.6 Å². The van der Waals surface area contributed by atoms with E-state index in [2.05, 4.69) is 0 Å². The number of alkyl halides is 2. The first kappa shape index (κ1) is 11.8. The number of nitrogens with zero attached hydrogens (tertiary/aromatic N) is 1. The summed E-state index contributed by atoms with van der Waals surface area (Å²) >= 11 is 12.3. The third-order valence-electron chi connectivity index (χ3n) is 2.01. The van der Waals surface area contributed by atoms with Crippen LogP contribution in [-0.4, -0.2) is 19.8 Å². The van der Waals surface area contributed by atoms with Crippen LogP contribution >= 0.6 is 35.1 Å². The van der Waals surface area contributed by atoms with E-state index >= 15 is 0 Å². The number of amides is 2. The van der Waals surface area contributed by atoms with Gasteiger partial charge < -0.3 is 0 Å². The Kier molecular flexibility index (Phi) is 2.90. The average Bonchev–Trinajstić information content (AvgIpc) is 2.43. The second-order valence-electron chi connectivity index (χ2n) is 3.35. The summed E-state index contributed by atoms with van der Waals surface area (Å²) in [4.78, 5) is 23.7. The number of carbonyl (C=O) groups excluding carboxylic acids is 2. The number of hydrogen-bond acceptors (Lipinski definition) is 3. The number of rotatable bonds is 2. The molecule has 1 aliphatic heterocycles. The van der Waals surface area contributed by atoms with E-state index in [4.69, 9.17) is 23.2 Å². The van der Waals surface area contributed by atoms with Crippen molar-refractivity contribution < 1.29 is 9.59 Å². The lowest BCUT2D eigenvalue weighted by atomic mass is 10.1. The molecule has 0 saturated heterocycles. The lowest BCUT2D eigenvalue weighted by Gasteiger charge is -2.18. The molecule has 3 nitrogen and oxygen atoms in total. The van der Waals surface area contributed by atoms with Crippen LogP contribution in [0.3, 0.4) is 0 Å². The van der Waals surface area contributed by atoms with Gasteiger partial charge in [-0.05, 0) is 19.1 Å². The van der Waals surface area contributed by atoms with Gasteiger partial charge in [0.2, 0.25) is 0 Å². The maximum atomic E-state index is 11.9. The Labute approximate surface area is 107 Å². The number of benzene rings is 1. The molecule has 1 aromatic carbocycles. The van der Waals surface area contributed by atoms with Crippen molar-refractivity contribution >= 4 is 47.0 Å². The summed E-state index contributed by atoms with van der Waals surface area (Å²) in [5, 5.41) is 0. The Morgan fingerprint density at radius 2 is 1.56 bits per heavy atom. The summed E-state index contributed by atoms with van der Waals surface area (Å²) < 4.78 is -0.224. The number of imide groups is 1. The molecule has 1 heterocycles. The predicted octanol–water partition coefficient (Wildman–Crippen LogP) is 3.08. The smallest absolute Gasteiger partial charge is 0.268 e. The summed E-state index contributed by atoms with van der Waals surface area (Å²) in [6, 6.07) is 6.63. The van der Waals surface area contributed by atoms with E-state index in [9.17, 15) is 9.59 Å². The monoisotopic (exact) mass is 275 g/mol. The molecule has 0 bridgehead atoms. The van der Waals surface area contributed by atoms with Crippen molar-refractivity contribution in [2.75, 3.05) is 0 Å². The summed E-state index contributed by atoms with van der Waals surface area (Å²) in [6.07, 6.45) is 0. The first-order valence-corrected chi connectivity index (χ1v) is 5.98. The molecule has 2 amide bonds. The highest BCUT2D eigenvalue weighted by Crippen LogP contribution is 2.40. The van der Waals surface area contributed by atoms with Crippen molar-refractivity contribution in [2.24, 2.45) is 0 Å². The highest BCUT2D eigenvalue weighted by Gasteiger charge is 2.39. The van der Waals surface area contributed by atoms with Crippen molar-refractivity contribution in [3.63, 3.8) is 0 Å². The van der Waals surface area contributed by atoms with Gasteiger partial charge in [0.15, 0.2) is 3.67 Å². The topological polar surface area (TPSA) is 37.4 Å². The lowest BCUT2D eigenvalue weighted by Crippen LogP contribution is -2.26. The second kappa shape index (κ2) is 3.95. The summed E-state index contributed by atoms with van der Waals surface area (Å²) in [6.45, 7) is 1.50. The highest BCUT2D eigenvalue weighted by atomic mass is 35.5. The van der Waals surface area contributed by atoms with Gasteiger partial charge in [-0.3, -0.25) is 9.59 Å². The van der Waals surface area contributed by atoms with Crippen LogP contribution in [0.4, 0.5) is 0 Å². The third kappa shape index (κ3) is 2.05. The van der Waals surface area contributed by atoms with Gasteiger partial charge in [0, 0.05) is 11.9 Å². The molecule has 0 aliphatic carbocycles. The normalized spacial score (nSPS) is 15.6. The van der Waals surface area contributed by atoms with Gasteiger partial charge in [-0.15, -0.1) is 0 Å². The maximum Gasteiger partial charge on any atom is 0.271 e. The van der Waals surface area contributed by atoms with Crippen molar-refractivity contribution in [3.05, 3.63) is 35.4 Å². The van der Waals surface area contributed by atoms with E-state index in [1.807, 2.05) is 0 Å². The van der Waals surface area contributed by atoms with Gasteiger partial charge in [-0.2, -0.15) is 0 Å². The molecule has 84 valence electrons. The zero-order valence-corrected chi connectivity index (χ0v) is 10.6. The molecule has 1 aromatic rings. The first-order valence-electron chi connectivity index (χ1n) is 4.45. The van der Waals surface area contributed by atoms with Crippen LogP contribution < -0.4 is 0 Å². The van der Waals surface area contributed by atoms with Crippen LogP contribution in [0.5, 0.6) is 0 Å². The number of hydrogen-bond donors (Lipinski definition) is 0. The molecule has 16 heavy (non-hydrogen) atoms. The lowest BCUT2D eigenvalue weighted by molar-refractivity contribution is 0.0776. The fraction of sp³-hybridized carbons (Fsp3) is 0.200. The highest BCUT2D eigenvalue weighted by molar-refractivity contribution is 8.02. The van der Waals surface area contributed by atoms with Gasteiger partial charge in [-0.25, -0.2) is 4.31 Å². The molecule has 6 heteroatoms. The largest absolute Gasteiger partial charge is 0.271 e. The molecule has 2 rings (SSSR count). The van der Waals surface area contributed by atoms with Gasteiger partial charge in [-0.1, -0.05) is 35.3 Å². The quantitative estimate of drug-likeness (QED) is 0.473. The molecule has 0 aromatic heterocycles. The fourth-order valence-electron chi connectivity index (χ4n) is 1.41. The second-order valence-corrected chi connectivity index (χ2v) is 6.87. The van der Waals surface area contributed by atoms with Crippen LogP contribution in [0.25, 0.3) is 0 Å². The zero-order chi connectivity index (χ0) is 11.9. The Balaban J connectivity index is 2.36. The van der Waals surface area contributed by atoms with E-state index < -0.39 is 3.67 Å². The van der Waals surface area contributed by atoms with Crippen molar-refractivity contribution in [3.8, 4) is 0 Å². The molecule has 0 fully saturated rings. The first-order chi connectivity index (χ1) is 7.40. The summed E-state index contributed by atoms with van der Waals surface area (Å²) in [5.41, 5.74) is 0.773. The third-order valence-corrected chi connectivity index (χ3v) is 3.26. The molecule has 0 saturated carbocycles. The van der Waals surface area contributed by atoms with Gasteiger partial charge in [0.1, 0.15) is 0 Å². The number of carbonyl (C=O) groups is 2. The van der Waals surface area contributed by atoms with E-state index in [-0.39, 0.29) is 11.8 Å². The van der Waals surface area contributed by atoms with Gasteiger partial charge in [0.05, 0.1) is 11.1 Å². The minimum absolute atomic E-state index is 0.377. The van der Waals surface area contributed by atoms with Crippen LogP contribution in [-0.2, 0) is 0 Å². The molecule has 0 atom stereocenters. The van der Waals surface area contributed by atoms with E-state index in [0.29, 0.717) is 11.1 Å². The molecule has 0 unspecified atom stereocenters. The van der Waals surface area contributed by atoms with Gasteiger partial charge in [0.25, 0.3) is 11.8 Å². The van der Waals surface area contributed by atoms with E-state index in [1.54, 1.807) is 24.3 Å². The maximum absolute atomic E-state index is 11.9. The van der Waals surface area contributed by atoms with Crippen LogP contribution in [0.1, 0.15) is 27.6 Å². The molecule has 0 spiro atoms. The standard InChI is InChI=1S/C10H7Cl2NO2S/c1-10(11,12)16-13-8(14)6-4-2-3-5-7(6)9(13)15/h2-5H,1H3. The van der Waals surface area contributed by atoms with Crippen molar-refractivity contribution in [1.29, 1.82) is 0 Å². The van der Waals surface area contributed by atoms with Crippen LogP contribution in [0, 0.1) is 0 Å². The SMILES string of the molecule is CC(Cl)(Cl)SN1C(=O)c2ccccc2C1=O. The number of halogens is 2. The minimum Gasteiger partial charge on any atom is -0.268 e. The number of fused-ring (bicyclic) bond motifs is 1. The summed E-state index contributed by atoms with van der Waals surface area (Å²) in [5.74, 6) is -0.753. The Morgan fingerprint density at radius 1 is 1.12 bits per heavy atom. The Hall–Kier alpha value is -0.710. The molecular formula is C10H7Cl2NO2S. The van der Waals surface area contributed by atoms with E-state index in [0.717, 1.165) is 16.3 Å². The molecular weight excluding hydrogens is 269 g/mol. The molecule has 0 N–H and O–H groups in total. The van der Waals surface area contributed by atoms with Crippen molar-refractivity contribution in [1.82, 2.24) is 4.31 Å². The van der Waals surface area contributed by atoms with E-state index in [1.165, 1.54) is 6.92 Å². The summed E-state index contributed by atoms with van der Waals surface area (Å²) in [7, 11) is 0. The Bertz CT molecular complexity index is 435. The fourth-order valence-corrected chi connectivity index (χ4v) is 2.51. The van der Waals surface area contributed by atoms with Crippen LogP contribution in [0.15, 0.2) is 24.3 Å². The molecule has 0 radical (unpaired) electrons. The average molecular weight is 276 g/mol. The Morgan fingerprint density at radius 3 is 1.94 bits per heavy atom. The zero-order valence-electron chi connectivity index (χ0n) is 8.24.